The molecule has 0 bridgehead atoms. The molecule has 0 saturated carbocycles. The van der Waals surface area contributed by atoms with Gasteiger partial charge in [-0.2, -0.15) is 10.2 Å². The van der Waals surface area contributed by atoms with Crippen molar-refractivity contribution in [1.29, 1.82) is 0 Å². The van der Waals surface area contributed by atoms with Gasteiger partial charge in [0, 0.05) is 0 Å². The first-order valence-electron chi connectivity index (χ1n) is 6.22. The van der Waals surface area contributed by atoms with Gasteiger partial charge >= 0.3 is 0 Å². The minimum atomic E-state index is -0.862. The van der Waals surface area contributed by atoms with Crippen LogP contribution in [0.5, 0.6) is 0 Å². The van der Waals surface area contributed by atoms with Gasteiger partial charge in [-0.1, -0.05) is 6.07 Å². The Morgan fingerprint density at radius 1 is 1.15 bits per heavy atom. The largest absolute Gasteiger partial charge is 0.271 e. The molecule has 2 rings (SSSR count). The van der Waals surface area contributed by atoms with E-state index < -0.39 is 11.6 Å². The summed E-state index contributed by atoms with van der Waals surface area (Å²) in [5.74, 6) is 3.85. The fourth-order valence-electron chi connectivity index (χ4n) is 2.08. The molecule has 20 heavy (non-hydrogen) atoms. The van der Waals surface area contributed by atoms with Crippen LogP contribution >= 0.6 is 0 Å². The lowest BCUT2D eigenvalue weighted by molar-refractivity contribution is 0.502. The molecule has 0 fully saturated rings. The lowest BCUT2D eigenvalue weighted by Gasteiger charge is -2.18. The number of rotatable bonds is 4. The predicted molar refractivity (Wildman–Crippen MR) is 71.6 cm³/mol. The zero-order valence-corrected chi connectivity index (χ0v) is 11.3. The third kappa shape index (κ3) is 3.15. The number of nitrogens with zero attached hydrogens (tertiary/aromatic N) is 2. The van der Waals surface area contributed by atoms with Gasteiger partial charge in [0.05, 0.1) is 17.4 Å². The van der Waals surface area contributed by atoms with Gasteiger partial charge in [-0.3, -0.25) is 11.3 Å². The van der Waals surface area contributed by atoms with Crippen molar-refractivity contribution in [2.45, 2.75) is 26.3 Å². The molecule has 6 heteroatoms. The highest BCUT2D eigenvalue weighted by Gasteiger charge is 2.15. The monoisotopic (exact) mass is 278 g/mol. The Morgan fingerprint density at radius 3 is 2.55 bits per heavy atom. The summed E-state index contributed by atoms with van der Waals surface area (Å²) in [6.07, 6.45) is 0.430. The Balaban J connectivity index is 2.28. The Bertz CT molecular complexity index is 616. The number of hydrogen-bond acceptors (Lipinski definition) is 4. The normalized spacial score (nSPS) is 12.4. The summed E-state index contributed by atoms with van der Waals surface area (Å²) >= 11 is 0. The van der Waals surface area contributed by atoms with Gasteiger partial charge in [-0.05, 0) is 49.6 Å². The summed E-state index contributed by atoms with van der Waals surface area (Å²) < 4.78 is 26.2. The van der Waals surface area contributed by atoms with Crippen molar-refractivity contribution < 1.29 is 8.78 Å². The number of benzene rings is 1. The van der Waals surface area contributed by atoms with Crippen LogP contribution < -0.4 is 11.3 Å². The lowest BCUT2D eigenvalue weighted by atomic mass is 9.98. The van der Waals surface area contributed by atoms with Crippen LogP contribution in [0.15, 0.2) is 24.3 Å². The van der Waals surface area contributed by atoms with Crippen molar-refractivity contribution in [2.75, 3.05) is 0 Å². The maximum absolute atomic E-state index is 13.2. The fourth-order valence-corrected chi connectivity index (χ4v) is 2.08. The van der Waals surface area contributed by atoms with Gasteiger partial charge in [0.25, 0.3) is 0 Å². The topological polar surface area (TPSA) is 63.8 Å². The minimum Gasteiger partial charge on any atom is -0.271 e. The molecule has 0 spiro atoms. The molecule has 2 aromatic rings. The smallest absolute Gasteiger partial charge is 0.159 e. The predicted octanol–water partition coefficient (Wildman–Crippen LogP) is 2.12. The zero-order valence-electron chi connectivity index (χ0n) is 11.3. The first kappa shape index (κ1) is 14.5. The lowest BCUT2D eigenvalue weighted by Crippen LogP contribution is -2.30. The molecule has 0 aliphatic heterocycles. The molecule has 1 aromatic carbocycles. The molecule has 0 radical (unpaired) electrons. The Labute approximate surface area is 116 Å². The maximum atomic E-state index is 13.2. The van der Waals surface area contributed by atoms with E-state index in [-0.39, 0.29) is 6.04 Å². The molecular weight excluding hydrogens is 262 g/mol. The van der Waals surface area contributed by atoms with Gasteiger partial charge in [0.15, 0.2) is 11.6 Å². The average molecular weight is 278 g/mol. The van der Waals surface area contributed by atoms with E-state index in [9.17, 15) is 8.78 Å². The molecule has 4 nitrogen and oxygen atoms in total. The molecule has 0 aliphatic rings. The maximum Gasteiger partial charge on any atom is 0.159 e. The molecule has 3 N–H and O–H groups in total. The van der Waals surface area contributed by atoms with E-state index >= 15 is 0 Å². The van der Waals surface area contributed by atoms with Crippen molar-refractivity contribution in [3.8, 4) is 0 Å². The second-order valence-corrected chi connectivity index (χ2v) is 4.70. The van der Waals surface area contributed by atoms with Crippen LogP contribution in [0.3, 0.4) is 0 Å². The summed E-state index contributed by atoms with van der Waals surface area (Å²) in [6, 6.07) is 5.47. The fraction of sp³-hybridized carbons (Fsp3) is 0.286. The first-order valence-corrected chi connectivity index (χ1v) is 6.22. The molecular formula is C14H16F2N4. The third-order valence-corrected chi connectivity index (χ3v) is 3.14. The van der Waals surface area contributed by atoms with E-state index in [1.165, 1.54) is 6.07 Å². The van der Waals surface area contributed by atoms with E-state index in [2.05, 4.69) is 15.6 Å². The van der Waals surface area contributed by atoms with Crippen molar-refractivity contribution in [3.63, 3.8) is 0 Å². The van der Waals surface area contributed by atoms with Crippen molar-refractivity contribution in [2.24, 2.45) is 5.84 Å². The first-order chi connectivity index (χ1) is 9.51. The number of hydrogen-bond donors (Lipinski definition) is 2. The highest BCUT2D eigenvalue weighted by atomic mass is 19.2. The van der Waals surface area contributed by atoms with E-state index in [0.29, 0.717) is 12.0 Å². The number of halogens is 2. The zero-order chi connectivity index (χ0) is 14.7. The second-order valence-electron chi connectivity index (χ2n) is 4.70. The second kappa shape index (κ2) is 6.02. The van der Waals surface area contributed by atoms with Crippen LogP contribution in [-0.2, 0) is 6.42 Å². The van der Waals surface area contributed by atoms with Crippen LogP contribution in [0.2, 0.25) is 0 Å². The number of aromatic nitrogens is 2. The van der Waals surface area contributed by atoms with Crippen molar-refractivity contribution in [1.82, 2.24) is 15.6 Å². The molecule has 0 aliphatic carbocycles. The number of aryl methyl sites for hydroxylation is 2. The number of nitrogens with one attached hydrogen (secondary N) is 1. The highest BCUT2D eigenvalue weighted by molar-refractivity contribution is 5.27. The van der Waals surface area contributed by atoms with Gasteiger partial charge in [0.1, 0.15) is 0 Å². The highest BCUT2D eigenvalue weighted by Crippen LogP contribution is 2.21. The van der Waals surface area contributed by atoms with E-state index in [1.54, 1.807) is 6.07 Å². The third-order valence-electron chi connectivity index (χ3n) is 3.14. The van der Waals surface area contributed by atoms with Gasteiger partial charge in [-0.25, -0.2) is 8.78 Å². The van der Waals surface area contributed by atoms with Crippen molar-refractivity contribution in [3.05, 3.63) is 58.4 Å². The van der Waals surface area contributed by atoms with Crippen LogP contribution in [0, 0.1) is 25.5 Å². The van der Waals surface area contributed by atoms with Crippen LogP contribution in [-0.4, -0.2) is 10.2 Å². The van der Waals surface area contributed by atoms with Crippen LogP contribution in [0.4, 0.5) is 8.78 Å². The molecule has 0 amide bonds. The number of nitrogens with two attached hydrogens (primary N) is 1. The minimum absolute atomic E-state index is 0.242. The van der Waals surface area contributed by atoms with Crippen molar-refractivity contribution >= 4 is 0 Å². The van der Waals surface area contributed by atoms with E-state index in [0.717, 1.165) is 23.0 Å². The molecule has 1 unspecified atom stereocenters. The molecule has 106 valence electrons. The van der Waals surface area contributed by atoms with Gasteiger partial charge < -0.3 is 0 Å². The Morgan fingerprint density at radius 2 is 1.90 bits per heavy atom. The summed E-state index contributed by atoms with van der Waals surface area (Å²) in [6.45, 7) is 3.67. The quantitative estimate of drug-likeness (QED) is 0.664. The molecule has 1 atom stereocenters. The van der Waals surface area contributed by atoms with Gasteiger partial charge in [-0.15, -0.1) is 0 Å². The summed E-state index contributed by atoms with van der Waals surface area (Å²) in [5.41, 5.74) is 5.76. The molecule has 1 aromatic heterocycles. The van der Waals surface area contributed by atoms with Gasteiger partial charge in [0.2, 0.25) is 0 Å². The van der Waals surface area contributed by atoms with E-state index in [1.807, 2.05) is 19.9 Å². The molecule has 1 heterocycles. The van der Waals surface area contributed by atoms with E-state index in [4.69, 9.17) is 5.84 Å². The average Bonchev–Trinajstić information content (AvgIpc) is 2.43. The van der Waals surface area contributed by atoms with Crippen LogP contribution in [0.25, 0.3) is 0 Å². The number of hydrazine groups is 1. The summed E-state index contributed by atoms with van der Waals surface area (Å²) in [4.78, 5) is 0. The Kier molecular flexibility index (Phi) is 4.36. The summed E-state index contributed by atoms with van der Waals surface area (Å²) in [7, 11) is 0. The van der Waals surface area contributed by atoms with Crippen LogP contribution in [0.1, 0.15) is 28.6 Å². The Hall–Kier alpha value is -1.92. The summed E-state index contributed by atoms with van der Waals surface area (Å²) in [5, 5.41) is 8.00. The SMILES string of the molecule is Cc1cc(C(Cc2ccc(F)c(F)c2)NN)c(C)nn1. The standard InChI is InChI=1S/C14H16F2N4/c1-8-5-11(9(2)20-19-8)14(18-17)7-10-3-4-12(15)13(16)6-10/h3-6,14,18H,7,17H2,1-2H3. The molecule has 0 saturated heterocycles.